The third-order valence-electron chi connectivity index (χ3n) is 3.23. The summed E-state index contributed by atoms with van der Waals surface area (Å²) < 4.78 is 6.41. The average molecular weight is 334 g/mol. The normalized spacial score (nSPS) is 11.8. The Morgan fingerprint density at radius 1 is 1.35 bits per heavy atom. The average Bonchev–Trinajstić information content (AvgIpc) is 2.79. The van der Waals surface area contributed by atoms with Crippen LogP contribution in [-0.2, 0) is 20.9 Å². The fourth-order valence-corrected chi connectivity index (χ4v) is 2.71. The van der Waals surface area contributed by atoms with Crippen LogP contribution in [0.5, 0.6) is 0 Å². The summed E-state index contributed by atoms with van der Waals surface area (Å²) >= 11 is 1.02. The predicted octanol–water partition coefficient (Wildman–Crippen LogP) is 2.10. The van der Waals surface area contributed by atoms with Gasteiger partial charge in [-0.05, 0) is 38.5 Å². The molecule has 1 atom stereocenters. The number of nitrogens with zero attached hydrogens (tertiary/aromatic N) is 1. The number of rotatable bonds is 5. The fourth-order valence-electron chi connectivity index (χ4n) is 1.98. The van der Waals surface area contributed by atoms with Crippen LogP contribution in [0.25, 0.3) is 0 Å². The van der Waals surface area contributed by atoms with E-state index in [2.05, 4.69) is 5.32 Å². The third kappa shape index (κ3) is 4.53. The molecule has 2 aromatic rings. The number of ether oxygens (including phenoxy) is 1. The lowest BCUT2D eigenvalue weighted by atomic mass is 10.2. The van der Waals surface area contributed by atoms with Crippen molar-refractivity contribution in [3.05, 3.63) is 50.6 Å². The van der Waals surface area contributed by atoms with Crippen LogP contribution in [0.4, 0.5) is 5.69 Å². The number of aryl methyl sites for hydroxylation is 2. The van der Waals surface area contributed by atoms with Gasteiger partial charge in [0.05, 0.1) is 0 Å². The molecule has 6 nitrogen and oxygen atoms in total. The minimum atomic E-state index is -0.947. The molecule has 0 aliphatic rings. The molecule has 1 amide bonds. The van der Waals surface area contributed by atoms with Crippen LogP contribution < -0.4 is 10.2 Å². The molecule has 7 heteroatoms. The van der Waals surface area contributed by atoms with Gasteiger partial charge in [0.25, 0.3) is 5.91 Å². The maximum absolute atomic E-state index is 12.0. The van der Waals surface area contributed by atoms with E-state index in [1.807, 2.05) is 25.1 Å². The van der Waals surface area contributed by atoms with E-state index in [1.54, 1.807) is 18.4 Å². The number of esters is 1. The van der Waals surface area contributed by atoms with Crippen LogP contribution in [0.15, 0.2) is 34.4 Å². The first-order chi connectivity index (χ1) is 10.9. The highest BCUT2D eigenvalue weighted by Gasteiger charge is 2.19. The van der Waals surface area contributed by atoms with Crippen LogP contribution in [0.1, 0.15) is 18.2 Å². The molecular formula is C16H18N2O4S. The van der Waals surface area contributed by atoms with Crippen LogP contribution in [-0.4, -0.2) is 22.5 Å². The number of amides is 1. The molecule has 1 aromatic heterocycles. The molecular weight excluding hydrogens is 316 g/mol. The number of aromatic nitrogens is 1. The Labute approximate surface area is 137 Å². The SMILES string of the molecule is Cc1cccc(NC(=O)[C@H](C)OC(=O)Cn2c(C)csc2=O)c1. The van der Waals surface area contributed by atoms with Gasteiger partial charge in [-0.3, -0.25) is 19.0 Å². The van der Waals surface area contributed by atoms with E-state index in [9.17, 15) is 14.4 Å². The molecule has 1 heterocycles. The summed E-state index contributed by atoms with van der Waals surface area (Å²) in [5.74, 6) is -1.04. The zero-order valence-corrected chi connectivity index (χ0v) is 14.0. The fraction of sp³-hybridized carbons (Fsp3) is 0.312. The van der Waals surface area contributed by atoms with Crippen molar-refractivity contribution in [2.75, 3.05) is 5.32 Å². The van der Waals surface area contributed by atoms with Crippen LogP contribution >= 0.6 is 11.3 Å². The lowest BCUT2D eigenvalue weighted by Gasteiger charge is -2.14. The van der Waals surface area contributed by atoms with Gasteiger partial charge >= 0.3 is 10.8 Å². The summed E-state index contributed by atoms with van der Waals surface area (Å²) in [5, 5.41) is 4.36. The highest BCUT2D eigenvalue weighted by Crippen LogP contribution is 2.10. The Balaban J connectivity index is 1.93. The molecule has 0 saturated heterocycles. The molecule has 0 spiro atoms. The van der Waals surface area contributed by atoms with E-state index < -0.39 is 18.0 Å². The van der Waals surface area contributed by atoms with Crippen molar-refractivity contribution < 1.29 is 14.3 Å². The summed E-state index contributed by atoms with van der Waals surface area (Å²) in [4.78, 5) is 35.3. The number of anilines is 1. The van der Waals surface area contributed by atoms with Crippen molar-refractivity contribution in [2.45, 2.75) is 33.4 Å². The maximum Gasteiger partial charge on any atom is 0.326 e. The second-order valence-electron chi connectivity index (χ2n) is 5.22. The molecule has 0 bridgehead atoms. The van der Waals surface area contributed by atoms with Crippen molar-refractivity contribution in [3.63, 3.8) is 0 Å². The second-order valence-corrected chi connectivity index (χ2v) is 6.04. The first kappa shape index (κ1) is 17.0. The quantitative estimate of drug-likeness (QED) is 0.850. The maximum atomic E-state index is 12.0. The number of thiazole rings is 1. The molecule has 0 fully saturated rings. The van der Waals surface area contributed by atoms with Crippen molar-refractivity contribution in [1.82, 2.24) is 4.57 Å². The van der Waals surface area contributed by atoms with Gasteiger partial charge in [0.1, 0.15) is 6.54 Å². The highest BCUT2D eigenvalue weighted by atomic mass is 32.1. The van der Waals surface area contributed by atoms with Crippen molar-refractivity contribution in [3.8, 4) is 0 Å². The van der Waals surface area contributed by atoms with Crippen molar-refractivity contribution >= 4 is 28.9 Å². The minimum Gasteiger partial charge on any atom is -0.451 e. The lowest BCUT2D eigenvalue weighted by Crippen LogP contribution is -2.32. The standard InChI is InChI=1S/C16H18N2O4S/c1-10-5-4-6-13(7-10)17-15(20)12(3)22-14(19)8-18-11(2)9-23-16(18)21/h4-7,9,12H,8H2,1-3H3,(H,17,20)/t12-/m0/s1. The van der Waals surface area contributed by atoms with Gasteiger partial charge in [0.2, 0.25) is 0 Å². The van der Waals surface area contributed by atoms with Gasteiger partial charge in [0, 0.05) is 16.8 Å². The number of hydrogen-bond donors (Lipinski definition) is 1. The number of carbonyl (C=O) groups excluding carboxylic acids is 2. The molecule has 0 saturated carbocycles. The van der Waals surface area contributed by atoms with Gasteiger partial charge in [-0.15, -0.1) is 0 Å². The van der Waals surface area contributed by atoms with Gasteiger partial charge in [-0.1, -0.05) is 23.5 Å². The Morgan fingerprint density at radius 2 is 2.09 bits per heavy atom. The monoisotopic (exact) mass is 334 g/mol. The summed E-state index contributed by atoms with van der Waals surface area (Å²) in [6.45, 7) is 4.95. The topological polar surface area (TPSA) is 77.4 Å². The number of hydrogen-bond acceptors (Lipinski definition) is 5. The van der Waals surface area contributed by atoms with Gasteiger partial charge in [-0.25, -0.2) is 0 Å². The van der Waals surface area contributed by atoms with E-state index in [1.165, 1.54) is 11.5 Å². The molecule has 0 aliphatic carbocycles. The van der Waals surface area contributed by atoms with E-state index in [-0.39, 0.29) is 11.4 Å². The summed E-state index contributed by atoms with van der Waals surface area (Å²) in [7, 11) is 0. The second kappa shape index (κ2) is 7.23. The van der Waals surface area contributed by atoms with E-state index in [4.69, 9.17) is 4.74 Å². The number of nitrogens with one attached hydrogen (secondary N) is 1. The van der Waals surface area contributed by atoms with Gasteiger partial charge in [-0.2, -0.15) is 0 Å². The zero-order chi connectivity index (χ0) is 17.0. The smallest absolute Gasteiger partial charge is 0.326 e. The zero-order valence-electron chi connectivity index (χ0n) is 13.2. The van der Waals surface area contributed by atoms with Crippen molar-refractivity contribution in [1.29, 1.82) is 0 Å². The predicted molar refractivity (Wildman–Crippen MR) is 88.7 cm³/mol. The summed E-state index contributed by atoms with van der Waals surface area (Å²) in [5.41, 5.74) is 2.34. The highest BCUT2D eigenvalue weighted by molar-refractivity contribution is 7.07. The minimum absolute atomic E-state index is 0.198. The third-order valence-corrected chi connectivity index (χ3v) is 4.11. The Kier molecular flexibility index (Phi) is 5.33. The Hall–Kier alpha value is -2.41. The first-order valence-corrected chi connectivity index (χ1v) is 7.96. The van der Waals surface area contributed by atoms with Crippen LogP contribution in [0.2, 0.25) is 0 Å². The molecule has 0 radical (unpaired) electrons. The molecule has 1 aromatic carbocycles. The molecule has 0 unspecified atom stereocenters. The van der Waals surface area contributed by atoms with E-state index >= 15 is 0 Å². The van der Waals surface area contributed by atoms with Crippen LogP contribution in [0.3, 0.4) is 0 Å². The first-order valence-electron chi connectivity index (χ1n) is 7.09. The summed E-state index contributed by atoms with van der Waals surface area (Å²) in [6, 6.07) is 7.32. The van der Waals surface area contributed by atoms with E-state index in [0.29, 0.717) is 11.4 Å². The van der Waals surface area contributed by atoms with Gasteiger partial charge < -0.3 is 10.1 Å². The van der Waals surface area contributed by atoms with Crippen molar-refractivity contribution in [2.24, 2.45) is 0 Å². The molecule has 0 aliphatic heterocycles. The van der Waals surface area contributed by atoms with Crippen LogP contribution in [0, 0.1) is 13.8 Å². The lowest BCUT2D eigenvalue weighted by molar-refractivity contribution is -0.153. The van der Waals surface area contributed by atoms with Gasteiger partial charge in [0.15, 0.2) is 6.10 Å². The van der Waals surface area contributed by atoms with E-state index in [0.717, 1.165) is 16.9 Å². The molecule has 1 N–H and O–H groups in total. The molecule has 122 valence electrons. The Bertz CT molecular complexity index is 778. The number of benzene rings is 1. The molecule has 2 rings (SSSR count). The Morgan fingerprint density at radius 3 is 2.70 bits per heavy atom. The molecule has 23 heavy (non-hydrogen) atoms. The number of carbonyl (C=O) groups is 2. The largest absolute Gasteiger partial charge is 0.451 e. The summed E-state index contributed by atoms with van der Waals surface area (Å²) in [6.07, 6.45) is -0.947.